The molecule has 0 saturated heterocycles. The van der Waals surface area contributed by atoms with E-state index in [1.165, 1.54) is 0 Å². The standard InChI is InChI=1S/C24H27NO2/c1-17(2)15-23(20-10-5-4-6-11-20)25-24(26)18(3)27-22-14-13-19-9-7-8-12-21(19)16-22/h4-14,16-18,23H,15H2,1-3H3,(H,25,26)/t18-,23-/m0/s1. The molecule has 3 aromatic rings. The summed E-state index contributed by atoms with van der Waals surface area (Å²) in [6.45, 7) is 6.12. The van der Waals surface area contributed by atoms with Crippen molar-refractivity contribution >= 4 is 16.7 Å². The van der Waals surface area contributed by atoms with Crippen molar-refractivity contribution in [3.63, 3.8) is 0 Å². The van der Waals surface area contributed by atoms with E-state index in [4.69, 9.17) is 4.74 Å². The van der Waals surface area contributed by atoms with Crippen LogP contribution < -0.4 is 10.1 Å². The van der Waals surface area contributed by atoms with Crippen molar-refractivity contribution in [1.29, 1.82) is 0 Å². The minimum Gasteiger partial charge on any atom is -0.481 e. The molecule has 1 amide bonds. The molecule has 0 saturated carbocycles. The molecule has 0 fully saturated rings. The van der Waals surface area contributed by atoms with Gasteiger partial charge in [-0.25, -0.2) is 0 Å². The molecule has 140 valence electrons. The van der Waals surface area contributed by atoms with Crippen molar-refractivity contribution in [2.45, 2.75) is 39.3 Å². The van der Waals surface area contributed by atoms with Gasteiger partial charge in [-0.1, -0.05) is 74.5 Å². The molecule has 0 bridgehead atoms. The third kappa shape index (κ3) is 5.10. The molecule has 0 aromatic heterocycles. The molecule has 27 heavy (non-hydrogen) atoms. The Hall–Kier alpha value is -2.81. The van der Waals surface area contributed by atoms with Crippen LogP contribution in [0.4, 0.5) is 0 Å². The van der Waals surface area contributed by atoms with Gasteiger partial charge in [0, 0.05) is 0 Å². The zero-order valence-corrected chi connectivity index (χ0v) is 16.2. The van der Waals surface area contributed by atoms with Crippen molar-refractivity contribution in [3.05, 3.63) is 78.4 Å². The summed E-state index contributed by atoms with van der Waals surface area (Å²) in [5.41, 5.74) is 1.12. The van der Waals surface area contributed by atoms with Crippen LogP contribution in [0.1, 0.15) is 38.8 Å². The fourth-order valence-electron chi connectivity index (χ4n) is 3.22. The lowest BCUT2D eigenvalue weighted by atomic mass is 9.97. The largest absolute Gasteiger partial charge is 0.481 e. The first kappa shape index (κ1) is 19.0. The van der Waals surface area contributed by atoms with Crippen LogP contribution in [-0.2, 0) is 4.79 Å². The summed E-state index contributed by atoms with van der Waals surface area (Å²) in [7, 11) is 0. The van der Waals surface area contributed by atoms with E-state index in [1.54, 1.807) is 6.92 Å². The Balaban J connectivity index is 1.69. The zero-order valence-electron chi connectivity index (χ0n) is 16.2. The Morgan fingerprint density at radius 3 is 2.26 bits per heavy atom. The molecule has 0 heterocycles. The molecule has 3 nitrogen and oxygen atoms in total. The molecule has 3 heteroatoms. The number of rotatable bonds is 7. The molecule has 3 rings (SSSR count). The third-order valence-electron chi connectivity index (χ3n) is 4.63. The van der Waals surface area contributed by atoms with Crippen molar-refractivity contribution in [3.8, 4) is 5.75 Å². The topological polar surface area (TPSA) is 38.3 Å². The fourth-order valence-corrected chi connectivity index (χ4v) is 3.22. The SMILES string of the molecule is CC(C)C[C@H](NC(=O)[C@H](C)Oc1ccc2ccccc2c1)c1ccccc1. The summed E-state index contributed by atoms with van der Waals surface area (Å²) in [6, 6.07) is 24.1. The molecule has 0 spiro atoms. The normalized spacial score (nSPS) is 13.3. The maximum absolute atomic E-state index is 12.7. The average molecular weight is 361 g/mol. The van der Waals surface area contributed by atoms with Gasteiger partial charge in [0.1, 0.15) is 5.75 Å². The van der Waals surface area contributed by atoms with Gasteiger partial charge in [-0.15, -0.1) is 0 Å². The van der Waals surface area contributed by atoms with Crippen LogP contribution in [0.2, 0.25) is 0 Å². The van der Waals surface area contributed by atoms with E-state index >= 15 is 0 Å². The molecule has 0 aliphatic heterocycles. The van der Waals surface area contributed by atoms with Crippen LogP contribution in [0.15, 0.2) is 72.8 Å². The first-order chi connectivity index (χ1) is 13.0. The van der Waals surface area contributed by atoms with Gasteiger partial charge in [-0.05, 0) is 47.7 Å². The number of carbonyl (C=O) groups excluding carboxylic acids is 1. The second kappa shape index (κ2) is 8.72. The molecule has 1 N–H and O–H groups in total. The third-order valence-corrected chi connectivity index (χ3v) is 4.63. The molecule has 2 atom stereocenters. The lowest BCUT2D eigenvalue weighted by Gasteiger charge is -2.23. The summed E-state index contributed by atoms with van der Waals surface area (Å²) >= 11 is 0. The fraction of sp³-hybridized carbons (Fsp3) is 0.292. The van der Waals surface area contributed by atoms with Crippen LogP contribution >= 0.6 is 0 Å². The number of hydrogen-bond donors (Lipinski definition) is 1. The molecule has 0 unspecified atom stereocenters. The molecular weight excluding hydrogens is 334 g/mol. The van der Waals surface area contributed by atoms with Crippen molar-refractivity contribution in [1.82, 2.24) is 5.32 Å². The van der Waals surface area contributed by atoms with E-state index < -0.39 is 6.10 Å². The quantitative estimate of drug-likeness (QED) is 0.602. The van der Waals surface area contributed by atoms with E-state index in [2.05, 4.69) is 37.4 Å². The number of nitrogens with one attached hydrogen (secondary N) is 1. The van der Waals surface area contributed by atoms with Crippen LogP contribution in [0, 0.1) is 5.92 Å². The Morgan fingerprint density at radius 2 is 1.56 bits per heavy atom. The Morgan fingerprint density at radius 1 is 0.889 bits per heavy atom. The van der Waals surface area contributed by atoms with Gasteiger partial charge in [0.15, 0.2) is 6.10 Å². The minimum absolute atomic E-state index is 0.0126. The number of amides is 1. The van der Waals surface area contributed by atoms with E-state index in [0.29, 0.717) is 11.7 Å². The number of fused-ring (bicyclic) bond motifs is 1. The van der Waals surface area contributed by atoms with E-state index in [0.717, 1.165) is 22.8 Å². The molecule has 0 radical (unpaired) electrons. The smallest absolute Gasteiger partial charge is 0.261 e. The van der Waals surface area contributed by atoms with Crippen molar-refractivity contribution in [2.24, 2.45) is 5.92 Å². The number of benzene rings is 3. The number of hydrogen-bond acceptors (Lipinski definition) is 2. The summed E-state index contributed by atoms with van der Waals surface area (Å²) in [4.78, 5) is 12.7. The van der Waals surface area contributed by atoms with Gasteiger partial charge in [0.2, 0.25) is 0 Å². The Bertz CT molecular complexity index is 889. The lowest BCUT2D eigenvalue weighted by Crippen LogP contribution is -2.39. The van der Waals surface area contributed by atoms with Crippen LogP contribution in [0.5, 0.6) is 5.75 Å². The summed E-state index contributed by atoms with van der Waals surface area (Å²) in [5, 5.41) is 5.41. The van der Waals surface area contributed by atoms with Gasteiger partial charge in [0.25, 0.3) is 5.91 Å². The molecule has 0 aliphatic rings. The van der Waals surface area contributed by atoms with Crippen LogP contribution in [0.25, 0.3) is 10.8 Å². The lowest BCUT2D eigenvalue weighted by molar-refractivity contribution is -0.128. The highest BCUT2D eigenvalue weighted by atomic mass is 16.5. The second-order valence-electron chi connectivity index (χ2n) is 7.37. The van der Waals surface area contributed by atoms with Gasteiger partial charge >= 0.3 is 0 Å². The van der Waals surface area contributed by atoms with Gasteiger partial charge in [-0.2, -0.15) is 0 Å². The summed E-state index contributed by atoms with van der Waals surface area (Å²) in [6.07, 6.45) is 0.322. The highest BCUT2D eigenvalue weighted by Crippen LogP contribution is 2.23. The Kier molecular flexibility index (Phi) is 6.12. The van der Waals surface area contributed by atoms with E-state index in [-0.39, 0.29) is 11.9 Å². The first-order valence-corrected chi connectivity index (χ1v) is 9.53. The van der Waals surface area contributed by atoms with E-state index in [9.17, 15) is 4.79 Å². The molecule has 3 aromatic carbocycles. The van der Waals surface area contributed by atoms with Crippen molar-refractivity contribution in [2.75, 3.05) is 0 Å². The zero-order chi connectivity index (χ0) is 19.2. The Labute approximate surface area is 161 Å². The van der Waals surface area contributed by atoms with Gasteiger partial charge in [-0.3, -0.25) is 4.79 Å². The second-order valence-corrected chi connectivity index (χ2v) is 7.37. The average Bonchev–Trinajstić information content (AvgIpc) is 2.67. The maximum Gasteiger partial charge on any atom is 0.261 e. The van der Waals surface area contributed by atoms with E-state index in [1.807, 2.05) is 54.6 Å². The van der Waals surface area contributed by atoms with Gasteiger partial charge in [0.05, 0.1) is 6.04 Å². The number of carbonyl (C=O) groups is 1. The van der Waals surface area contributed by atoms with Crippen LogP contribution in [0.3, 0.4) is 0 Å². The highest BCUT2D eigenvalue weighted by molar-refractivity contribution is 5.84. The summed E-state index contributed by atoms with van der Waals surface area (Å²) in [5.74, 6) is 1.08. The molecule has 0 aliphatic carbocycles. The highest BCUT2D eigenvalue weighted by Gasteiger charge is 2.21. The first-order valence-electron chi connectivity index (χ1n) is 9.53. The minimum atomic E-state index is -0.565. The number of ether oxygens (including phenoxy) is 1. The van der Waals surface area contributed by atoms with Gasteiger partial charge < -0.3 is 10.1 Å². The predicted octanol–water partition coefficient (Wildman–Crippen LogP) is 5.51. The monoisotopic (exact) mass is 361 g/mol. The molecular formula is C24H27NO2. The predicted molar refractivity (Wildman–Crippen MR) is 111 cm³/mol. The summed E-state index contributed by atoms with van der Waals surface area (Å²) < 4.78 is 5.91. The maximum atomic E-state index is 12.7. The van der Waals surface area contributed by atoms with Crippen molar-refractivity contribution < 1.29 is 9.53 Å². The van der Waals surface area contributed by atoms with Crippen LogP contribution in [-0.4, -0.2) is 12.0 Å².